The molecule has 1 aromatic heterocycles. The van der Waals surface area contributed by atoms with Crippen molar-refractivity contribution in [2.75, 3.05) is 4.72 Å². The van der Waals surface area contributed by atoms with Crippen LogP contribution in [0, 0.1) is 0 Å². The van der Waals surface area contributed by atoms with Gasteiger partial charge in [0.05, 0.1) is 6.04 Å². The van der Waals surface area contributed by atoms with E-state index in [-0.39, 0.29) is 16.2 Å². The van der Waals surface area contributed by atoms with Gasteiger partial charge in [0.15, 0.2) is 0 Å². The molecule has 2 aromatic carbocycles. The molecule has 0 saturated carbocycles. The number of nitrogens with one attached hydrogen (secondary N) is 2. The van der Waals surface area contributed by atoms with Gasteiger partial charge >= 0.3 is 0 Å². The number of hydrogen-bond acceptors (Lipinski definition) is 4. The summed E-state index contributed by atoms with van der Waals surface area (Å²) >= 11 is 7.12. The zero-order valence-electron chi connectivity index (χ0n) is 14.3. The number of carbonyl (C=O) groups excluding carboxylic acids is 1. The number of hydrogen-bond donors (Lipinski definition) is 2. The molecule has 0 saturated heterocycles. The number of amides is 1. The summed E-state index contributed by atoms with van der Waals surface area (Å²) in [6, 6.07) is 16.6. The highest BCUT2D eigenvalue weighted by Gasteiger charge is 2.16. The van der Waals surface area contributed by atoms with Crippen molar-refractivity contribution in [3.63, 3.8) is 0 Å². The van der Waals surface area contributed by atoms with Crippen molar-refractivity contribution in [2.45, 2.75) is 17.2 Å². The lowest BCUT2D eigenvalue weighted by Crippen LogP contribution is -2.26. The van der Waals surface area contributed by atoms with Gasteiger partial charge < -0.3 is 5.32 Å². The zero-order chi connectivity index (χ0) is 19.4. The molecule has 1 atom stereocenters. The molecule has 1 unspecified atom stereocenters. The zero-order valence-corrected chi connectivity index (χ0v) is 16.7. The topological polar surface area (TPSA) is 75.3 Å². The number of thiophene rings is 1. The van der Waals surface area contributed by atoms with E-state index in [4.69, 9.17) is 11.6 Å². The largest absolute Gasteiger partial charge is 0.346 e. The summed E-state index contributed by atoms with van der Waals surface area (Å²) in [6.45, 7) is 1.87. The molecule has 1 amide bonds. The molecule has 5 nitrogen and oxygen atoms in total. The first kappa shape index (κ1) is 19.4. The quantitative estimate of drug-likeness (QED) is 0.607. The second-order valence-electron chi connectivity index (χ2n) is 5.87. The van der Waals surface area contributed by atoms with Gasteiger partial charge in [-0.05, 0) is 60.3 Å². The highest BCUT2D eigenvalue weighted by Crippen LogP contribution is 2.21. The Labute approximate surface area is 167 Å². The maximum absolute atomic E-state index is 12.4. The van der Waals surface area contributed by atoms with Crippen molar-refractivity contribution >= 4 is 44.6 Å². The van der Waals surface area contributed by atoms with Crippen molar-refractivity contribution in [1.29, 1.82) is 0 Å². The van der Waals surface area contributed by atoms with Crippen LogP contribution in [-0.4, -0.2) is 14.3 Å². The standard InChI is InChI=1S/C19H17ClN2O3S2/c1-13(15-4-2-5-16(20)12-15)21-19(23)14-7-9-17(10-8-14)22-27(24,25)18-6-3-11-26-18/h2-13,22H,1H3,(H,21,23). The van der Waals surface area contributed by atoms with E-state index in [1.165, 1.54) is 6.07 Å². The molecule has 0 radical (unpaired) electrons. The van der Waals surface area contributed by atoms with Crippen LogP contribution in [0.1, 0.15) is 28.9 Å². The van der Waals surface area contributed by atoms with Crippen molar-refractivity contribution in [3.8, 4) is 0 Å². The van der Waals surface area contributed by atoms with Crippen LogP contribution >= 0.6 is 22.9 Å². The normalized spacial score (nSPS) is 12.4. The van der Waals surface area contributed by atoms with Crippen molar-refractivity contribution in [2.24, 2.45) is 0 Å². The number of benzene rings is 2. The predicted molar refractivity (Wildman–Crippen MR) is 109 cm³/mol. The van der Waals surface area contributed by atoms with Crippen molar-refractivity contribution < 1.29 is 13.2 Å². The number of anilines is 1. The average Bonchev–Trinajstić information content (AvgIpc) is 3.17. The molecule has 0 aliphatic rings. The first-order valence-electron chi connectivity index (χ1n) is 8.08. The van der Waals surface area contributed by atoms with E-state index in [1.54, 1.807) is 47.8 Å². The Balaban J connectivity index is 1.67. The van der Waals surface area contributed by atoms with Crippen molar-refractivity contribution in [3.05, 3.63) is 82.2 Å². The number of rotatable bonds is 6. The van der Waals surface area contributed by atoms with Crippen LogP contribution in [0.2, 0.25) is 5.02 Å². The summed E-state index contributed by atoms with van der Waals surface area (Å²) < 4.78 is 27.2. The molecule has 27 heavy (non-hydrogen) atoms. The Morgan fingerprint density at radius 1 is 1.07 bits per heavy atom. The van der Waals surface area contributed by atoms with Crippen molar-refractivity contribution in [1.82, 2.24) is 5.32 Å². The highest BCUT2D eigenvalue weighted by atomic mass is 35.5. The molecule has 3 aromatic rings. The smallest absolute Gasteiger partial charge is 0.271 e. The molecule has 3 rings (SSSR count). The van der Waals surface area contributed by atoms with Gasteiger partial charge in [0, 0.05) is 16.3 Å². The van der Waals surface area contributed by atoms with Crippen LogP contribution in [-0.2, 0) is 10.0 Å². The van der Waals surface area contributed by atoms with Crippen LogP contribution in [0.15, 0.2) is 70.3 Å². The third kappa shape index (κ3) is 4.88. The minimum Gasteiger partial charge on any atom is -0.346 e. The van der Waals surface area contributed by atoms with Gasteiger partial charge in [-0.2, -0.15) is 0 Å². The molecular weight excluding hydrogens is 404 g/mol. The lowest BCUT2D eigenvalue weighted by atomic mass is 10.1. The van der Waals surface area contributed by atoms with E-state index in [0.29, 0.717) is 16.3 Å². The molecule has 0 aliphatic carbocycles. The van der Waals surface area contributed by atoms with Gasteiger partial charge in [-0.15, -0.1) is 11.3 Å². The van der Waals surface area contributed by atoms with Gasteiger partial charge in [-0.1, -0.05) is 29.8 Å². The molecular formula is C19H17ClN2O3S2. The lowest BCUT2D eigenvalue weighted by molar-refractivity contribution is 0.0940. The summed E-state index contributed by atoms with van der Waals surface area (Å²) in [6.07, 6.45) is 0. The SMILES string of the molecule is CC(NC(=O)c1ccc(NS(=O)(=O)c2cccs2)cc1)c1cccc(Cl)c1. The Morgan fingerprint density at radius 3 is 2.44 bits per heavy atom. The van der Waals surface area contributed by atoms with E-state index < -0.39 is 10.0 Å². The molecule has 140 valence electrons. The van der Waals surface area contributed by atoms with E-state index >= 15 is 0 Å². The predicted octanol–water partition coefficient (Wildman–Crippen LogP) is 4.69. The first-order chi connectivity index (χ1) is 12.8. The number of halogens is 1. The van der Waals surface area contributed by atoms with Crippen LogP contribution in [0.3, 0.4) is 0 Å². The fourth-order valence-electron chi connectivity index (χ4n) is 2.45. The van der Waals surface area contributed by atoms with E-state index in [9.17, 15) is 13.2 Å². The van der Waals surface area contributed by atoms with E-state index in [2.05, 4.69) is 10.0 Å². The third-order valence-corrected chi connectivity index (χ3v) is 6.87. The van der Waals surface area contributed by atoms with Crippen LogP contribution < -0.4 is 10.0 Å². The summed E-state index contributed by atoms with van der Waals surface area (Å²) in [5.74, 6) is -0.255. The van der Waals surface area contributed by atoms with Gasteiger partial charge in [0.2, 0.25) is 0 Å². The minimum atomic E-state index is -3.61. The average molecular weight is 421 g/mol. The van der Waals surface area contributed by atoms with Gasteiger partial charge in [-0.25, -0.2) is 8.42 Å². The maximum atomic E-state index is 12.4. The van der Waals surface area contributed by atoms with Crippen LogP contribution in [0.5, 0.6) is 0 Å². The first-order valence-corrected chi connectivity index (χ1v) is 10.8. The molecule has 2 N–H and O–H groups in total. The third-order valence-electron chi connectivity index (χ3n) is 3.86. The Bertz CT molecular complexity index is 1030. The maximum Gasteiger partial charge on any atom is 0.271 e. The second-order valence-corrected chi connectivity index (χ2v) is 9.16. The molecule has 0 spiro atoms. The fourth-order valence-corrected chi connectivity index (χ4v) is 4.70. The monoisotopic (exact) mass is 420 g/mol. The minimum absolute atomic E-state index is 0.215. The Kier molecular flexibility index (Phi) is 5.84. The fraction of sp³-hybridized carbons (Fsp3) is 0.105. The summed E-state index contributed by atoms with van der Waals surface area (Å²) in [4.78, 5) is 12.4. The summed E-state index contributed by atoms with van der Waals surface area (Å²) in [5, 5.41) is 5.20. The van der Waals surface area contributed by atoms with Crippen LogP contribution in [0.25, 0.3) is 0 Å². The summed E-state index contributed by atoms with van der Waals surface area (Å²) in [5.41, 5.74) is 1.72. The molecule has 0 bridgehead atoms. The number of carbonyl (C=O) groups is 1. The molecule has 8 heteroatoms. The molecule has 1 heterocycles. The Morgan fingerprint density at radius 2 is 1.81 bits per heavy atom. The molecule has 0 fully saturated rings. The second kappa shape index (κ2) is 8.12. The van der Waals surface area contributed by atoms with Crippen LogP contribution in [0.4, 0.5) is 5.69 Å². The summed E-state index contributed by atoms with van der Waals surface area (Å²) in [7, 11) is -3.61. The number of sulfonamides is 1. The lowest BCUT2D eigenvalue weighted by Gasteiger charge is -2.15. The van der Waals surface area contributed by atoms with E-state index in [0.717, 1.165) is 16.9 Å². The molecule has 0 aliphatic heterocycles. The van der Waals surface area contributed by atoms with Gasteiger partial charge in [-0.3, -0.25) is 9.52 Å². The van der Waals surface area contributed by atoms with Gasteiger partial charge in [0.25, 0.3) is 15.9 Å². The highest BCUT2D eigenvalue weighted by molar-refractivity contribution is 7.94. The van der Waals surface area contributed by atoms with E-state index in [1.807, 2.05) is 19.1 Å². The Hall–Kier alpha value is -2.35. The van der Waals surface area contributed by atoms with Gasteiger partial charge in [0.1, 0.15) is 4.21 Å².